The van der Waals surface area contributed by atoms with E-state index in [1.807, 2.05) is 75.7 Å². The van der Waals surface area contributed by atoms with Crippen LogP contribution >= 0.6 is 11.6 Å². The number of amides is 4. The van der Waals surface area contributed by atoms with Crippen LogP contribution in [0.25, 0.3) is 5.69 Å². The Morgan fingerprint density at radius 1 is 1.01 bits per heavy atom. The van der Waals surface area contributed by atoms with Gasteiger partial charge in [-0.05, 0) is 80.0 Å². The van der Waals surface area contributed by atoms with Crippen molar-refractivity contribution in [1.82, 2.24) is 40.7 Å². The number of aliphatic hydroxyl groups is 1. The first-order chi connectivity index (χ1) is 32.6. The van der Waals surface area contributed by atoms with Crippen LogP contribution in [-0.2, 0) is 19.1 Å². The van der Waals surface area contributed by atoms with Crippen molar-refractivity contribution in [3.8, 4) is 17.5 Å². The Morgan fingerprint density at radius 3 is 2.33 bits per heavy atom. The molecule has 1 aliphatic carbocycles. The Hall–Kier alpha value is -5.86. The van der Waals surface area contributed by atoms with Gasteiger partial charge in [0.25, 0.3) is 5.91 Å². The molecule has 2 saturated heterocycles. The standard InChI is InChI=1S/C52H66ClN9O7/c1-30(33-11-15-36(16-12-33)61-21-20-55-31(61)2)58-46(66)42-22-37(63)27-62(42)47(67)44(50(3,4)5)59-43(64)29-68-28-32-10-18-40(56-25-32)41-19-14-35(26-57-41)45(65)60-48-51(6,7)49(52(48,8)9)69-38-17-13-34(24-54)39(53)23-38/h11-17,19-21,23,26,30,32,37,40,42,44,48-49,56,63H,10,18,22,25,27-29H2,1-9H3,(H,58,66)(H,59,64)(H,60,65)/t30-,32?,37+,40?,42?,44?,48-,49-/m0/s1. The van der Waals surface area contributed by atoms with E-state index in [1.54, 1.807) is 36.7 Å². The SMILES string of the molecule is Cc1nccn1-c1ccc([C@H](C)NC(=O)C2C[C@@H](O)CN2C(=O)C(NC(=O)COCC2CCC(c3ccc(C(=O)N[C@H]4C(C)(C)[C@H](Oc5ccc(C#N)c(Cl)c5)C4(C)C)cn3)NC2)C(C)(C)C)cc1. The molecule has 2 aromatic heterocycles. The van der Waals surface area contributed by atoms with Crippen LogP contribution in [-0.4, -0.2) is 105 Å². The van der Waals surface area contributed by atoms with E-state index in [9.17, 15) is 29.5 Å². The summed E-state index contributed by atoms with van der Waals surface area (Å²) in [6.45, 7) is 18.3. The summed E-state index contributed by atoms with van der Waals surface area (Å²) in [6, 6.07) is 16.1. The number of ether oxygens (including phenoxy) is 2. The normalized spacial score (nSPS) is 23.7. The third kappa shape index (κ3) is 11.3. The lowest BCUT2D eigenvalue weighted by Gasteiger charge is -2.63. The number of nitrogens with one attached hydrogen (secondary N) is 4. The molecule has 2 aromatic carbocycles. The van der Waals surface area contributed by atoms with Crippen LogP contribution in [0.1, 0.15) is 120 Å². The second-order valence-corrected chi connectivity index (χ2v) is 21.5. The summed E-state index contributed by atoms with van der Waals surface area (Å²) in [5, 5.41) is 32.9. The Bertz CT molecular complexity index is 2530. The number of aryl methyl sites for hydroxylation is 1. The molecule has 2 aliphatic heterocycles. The van der Waals surface area contributed by atoms with E-state index in [2.05, 4.69) is 65.0 Å². The molecule has 4 amide bonds. The van der Waals surface area contributed by atoms with E-state index >= 15 is 0 Å². The maximum Gasteiger partial charge on any atom is 0.253 e. The van der Waals surface area contributed by atoms with Crippen molar-refractivity contribution in [2.75, 3.05) is 26.3 Å². The molecular formula is C52H66ClN9O7. The summed E-state index contributed by atoms with van der Waals surface area (Å²) < 4.78 is 14.2. The molecule has 4 heterocycles. The van der Waals surface area contributed by atoms with E-state index in [0.29, 0.717) is 35.1 Å². The van der Waals surface area contributed by atoms with Gasteiger partial charge in [0.15, 0.2) is 0 Å². The van der Waals surface area contributed by atoms with E-state index in [1.165, 1.54) is 4.90 Å². The van der Waals surface area contributed by atoms with Gasteiger partial charge in [0, 0.05) is 72.8 Å². The molecule has 5 N–H and O–H groups in total. The number of carbonyl (C=O) groups excluding carboxylic acids is 4. The van der Waals surface area contributed by atoms with Gasteiger partial charge in [-0.15, -0.1) is 0 Å². The Kier molecular flexibility index (Phi) is 15.2. The first-order valence-corrected chi connectivity index (χ1v) is 24.1. The fraction of sp³-hybridized carbons (Fsp3) is 0.519. The van der Waals surface area contributed by atoms with Crippen LogP contribution in [0.15, 0.2) is 73.2 Å². The summed E-state index contributed by atoms with van der Waals surface area (Å²) in [6.07, 6.45) is 5.80. The molecule has 6 atom stereocenters. The van der Waals surface area contributed by atoms with Crippen molar-refractivity contribution in [1.29, 1.82) is 5.26 Å². The highest BCUT2D eigenvalue weighted by Gasteiger charge is 2.64. The predicted molar refractivity (Wildman–Crippen MR) is 260 cm³/mol. The van der Waals surface area contributed by atoms with Gasteiger partial charge in [-0.25, -0.2) is 4.98 Å². The fourth-order valence-corrected chi connectivity index (χ4v) is 10.7. The third-order valence-electron chi connectivity index (χ3n) is 14.1. The van der Waals surface area contributed by atoms with Gasteiger partial charge in [0.05, 0.1) is 40.6 Å². The number of β-amino-alcohol motifs (C(OH)–C–C–N with tert-alkyl or cyclic N) is 1. The molecule has 69 heavy (non-hydrogen) atoms. The highest BCUT2D eigenvalue weighted by atomic mass is 35.5. The van der Waals surface area contributed by atoms with Crippen LogP contribution in [0.5, 0.6) is 5.75 Å². The Labute approximate surface area is 409 Å². The number of aliphatic hydroxyl groups excluding tert-OH is 1. The van der Waals surface area contributed by atoms with Gasteiger partial charge in [-0.2, -0.15) is 5.26 Å². The minimum atomic E-state index is -0.974. The molecule has 16 nitrogen and oxygen atoms in total. The van der Waals surface area contributed by atoms with Crippen molar-refractivity contribution in [2.24, 2.45) is 22.2 Å². The highest BCUT2D eigenvalue weighted by Crippen LogP contribution is 2.55. The van der Waals surface area contributed by atoms with Crippen LogP contribution in [0.3, 0.4) is 0 Å². The molecule has 0 bridgehead atoms. The zero-order chi connectivity index (χ0) is 50.0. The van der Waals surface area contributed by atoms with Crippen LogP contribution in [0.4, 0.5) is 0 Å². The number of rotatable bonds is 15. The van der Waals surface area contributed by atoms with Crippen molar-refractivity contribution >= 4 is 35.2 Å². The summed E-state index contributed by atoms with van der Waals surface area (Å²) in [4.78, 5) is 65.0. The van der Waals surface area contributed by atoms with Crippen molar-refractivity contribution in [3.05, 3.63) is 106 Å². The number of aromatic nitrogens is 3. The average Bonchev–Trinajstić information content (AvgIpc) is 3.93. The molecule has 3 fully saturated rings. The molecule has 1 saturated carbocycles. The number of hydrogen-bond acceptors (Lipinski definition) is 11. The van der Waals surface area contributed by atoms with Gasteiger partial charge >= 0.3 is 0 Å². The predicted octanol–water partition coefficient (Wildman–Crippen LogP) is 6.14. The molecule has 0 spiro atoms. The fourth-order valence-electron chi connectivity index (χ4n) is 10.5. The molecule has 17 heteroatoms. The number of carbonyl (C=O) groups is 4. The Balaban J connectivity index is 0.850. The quantitative estimate of drug-likeness (QED) is 0.0913. The minimum Gasteiger partial charge on any atom is -0.489 e. The number of piperidine rings is 1. The second-order valence-electron chi connectivity index (χ2n) is 21.1. The zero-order valence-corrected chi connectivity index (χ0v) is 41.8. The lowest BCUT2D eigenvalue weighted by atomic mass is 9.49. The Morgan fingerprint density at radius 2 is 1.74 bits per heavy atom. The monoisotopic (exact) mass is 963 g/mol. The number of benzene rings is 2. The third-order valence-corrected chi connectivity index (χ3v) is 14.4. The molecule has 4 aromatic rings. The first kappa shape index (κ1) is 51.0. The topological polar surface area (TPSA) is 213 Å². The average molecular weight is 965 g/mol. The number of halogens is 1. The lowest BCUT2D eigenvalue weighted by molar-refractivity contribution is -0.164. The van der Waals surface area contributed by atoms with Gasteiger partial charge in [-0.1, -0.05) is 72.2 Å². The van der Waals surface area contributed by atoms with Crippen molar-refractivity contribution in [2.45, 2.75) is 124 Å². The van der Waals surface area contributed by atoms with Crippen LogP contribution < -0.4 is 26.0 Å². The van der Waals surface area contributed by atoms with E-state index in [-0.39, 0.29) is 61.5 Å². The molecule has 7 rings (SSSR count). The van der Waals surface area contributed by atoms with Crippen molar-refractivity contribution < 1.29 is 33.8 Å². The van der Waals surface area contributed by atoms with Crippen LogP contribution in [0.2, 0.25) is 5.02 Å². The molecule has 4 unspecified atom stereocenters. The summed E-state index contributed by atoms with van der Waals surface area (Å²) in [5.74, 6) is 0.0770. The van der Waals surface area contributed by atoms with E-state index in [0.717, 1.165) is 35.6 Å². The molecule has 368 valence electrons. The van der Waals surface area contributed by atoms with Crippen molar-refractivity contribution in [3.63, 3.8) is 0 Å². The van der Waals surface area contributed by atoms with Gasteiger partial charge in [0.2, 0.25) is 17.7 Å². The van der Waals surface area contributed by atoms with E-state index in [4.69, 9.17) is 21.1 Å². The number of pyridine rings is 1. The largest absolute Gasteiger partial charge is 0.489 e. The summed E-state index contributed by atoms with van der Waals surface area (Å²) in [7, 11) is 0. The zero-order valence-electron chi connectivity index (χ0n) is 41.0. The highest BCUT2D eigenvalue weighted by molar-refractivity contribution is 6.31. The smallest absolute Gasteiger partial charge is 0.253 e. The molecular weight excluding hydrogens is 898 g/mol. The molecule has 0 radical (unpaired) electrons. The number of imidazole rings is 1. The second kappa shape index (κ2) is 20.6. The van der Waals surface area contributed by atoms with Gasteiger partial charge in [-0.3, -0.25) is 24.2 Å². The maximum absolute atomic E-state index is 14.2. The summed E-state index contributed by atoms with van der Waals surface area (Å²) in [5.41, 5.74) is 1.96. The number of likely N-dealkylation sites (tertiary alicyclic amines) is 1. The van der Waals surface area contributed by atoms with Gasteiger partial charge in [0.1, 0.15) is 42.4 Å². The molecule has 3 aliphatic rings. The summed E-state index contributed by atoms with van der Waals surface area (Å²) >= 11 is 6.25. The number of hydrogen-bond donors (Lipinski definition) is 5. The minimum absolute atomic E-state index is 0.0131. The maximum atomic E-state index is 14.2. The number of nitriles is 1. The first-order valence-electron chi connectivity index (χ1n) is 23.7. The van der Waals surface area contributed by atoms with Gasteiger partial charge < -0.3 is 45.3 Å². The lowest BCUT2D eigenvalue weighted by Crippen LogP contribution is -2.74. The van der Waals surface area contributed by atoms with Crippen LogP contribution in [0, 0.1) is 40.4 Å². The van der Waals surface area contributed by atoms with E-state index < -0.39 is 46.2 Å². The number of nitrogens with zero attached hydrogens (tertiary/aromatic N) is 5.